The zero-order chi connectivity index (χ0) is 15.9. The zero-order valence-corrected chi connectivity index (χ0v) is 12.4. The number of carbonyl (C=O) groups excluding carboxylic acids is 1. The summed E-state index contributed by atoms with van der Waals surface area (Å²) in [4.78, 5) is 12.2. The average molecular weight is 296 g/mol. The van der Waals surface area contributed by atoms with Crippen molar-refractivity contribution in [3.8, 4) is 17.6 Å². The maximum absolute atomic E-state index is 12.2. The van der Waals surface area contributed by atoms with Crippen LogP contribution in [0.2, 0.25) is 0 Å². The Morgan fingerprint density at radius 1 is 1.14 bits per heavy atom. The third-order valence-electron chi connectivity index (χ3n) is 3.16. The molecule has 0 aromatic heterocycles. The smallest absolute Gasteiger partial charge is 0.255 e. The number of hydrogen-bond donors (Lipinski definition) is 1. The van der Waals surface area contributed by atoms with Gasteiger partial charge in [0.2, 0.25) is 0 Å². The third-order valence-corrected chi connectivity index (χ3v) is 3.16. The van der Waals surface area contributed by atoms with Crippen LogP contribution in [0.4, 0.5) is 5.69 Å². The molecule has 2 aromatic carbocycles. The molecule has 2 aromatic rings. The van der Waals surface area contributed by atoms with E-state index in [-0.39, 0.29) is 5.91 Å². The molecule has 2 rings (SSSR count). The van der Waals surface area contributed by atoms with Crippen molar-refractivity contribution in [1.82, 2.24) is 0 Å². The second-order valence-electron chi connectivity index (χ2n) is 4.55. The van der Waals surface area contributed by atoms with Crippen molar-refractivity contribution in [2.75, 3.05) is 19.5 Å². The quantitative estimate of drug-likeness (QED) is 0.920. The lowest BCUT2D eigenvalue weighted by atomic mass is 10.1. The van der Waals surface area contributed by atoms with E-state index in [0.29, 0.717) is 29.2 Å². The first kappa shape index (κ1) is 15.4. The van der Waals surface area contributed by atoms with E-state index in [4.69, 9.17) is 14.7 Å². The molecule has 0 heterocycles. The van der Waals surface area contributed by atoms with Gasteiger partial charge in [0.25, 0.3) is 5.91 Å². The Balaban J connectivity index is 2.16. The second kappa shape index (κ2) is 7.14. The van der Waals surface area contributed by atoms with Gasteiger partial charge in [-0.05, 0) is 29.8 Å². The predicted molar refractivity (Wildman–Crippen MR) is 83.3 cm³/mol. The van der Waals surface area contributed by atoms with Gasteiger partial charge < -0.3 is 14.8 Å². The molecular formula is C17H16N2O3. The number of nitrogens with zero attached hydrogens (tertiary/aromatic N) is 1. The van der Waals surface area contributed by atoms with E-state index in [9.17, 15) is 4.79 Å². The van der Waals surface area contributed by atoms with E-state index in [2.05, 4.69) is 11.4 Å². The number of benzene rings is 2. The lowest BCUT2D eigenvalue weighted by molar-refractivity contribution is 0.102. The summed E-state index contributed by atoms with van der Waals surface area (Å²) in [6, 6.07) is 14.2. The van der Waals surface area contributed by atoms with E-state index in [0.717, 1.165) is 5.56 Å². The summed E-state index contributed by atoms with van der Waals surface area (Å²) in [5.41, 5.74) is 1.95. The maximum Gasteiger partial charge on any atom is 0.255 e. The number of hydrogen-bond acceptors (Lipinski definition) is 4. The van der Waals surface area contributed by atoms with Crippen molar-refractivity contribution in [3.05, 3.63) is 53.6 Å². The van der Waals surface area contributed by atoms with Crippen LogP contribution in [0.5, 0.6) is 11.5 Å². The Bertz CT molecular complexity index is 703. The molecule has 0 saturated heterocycles. The van der Waals surface area contributed by atoms with Crippen LogP contribution in [0.1, 0.15) is 15.9 Å². The standard InChI is InChI=1S/C17H16N2O3/c1-21-14-7-8-15(16(11-14)22-2)19-17(20)13-5-3-12(4-6-13)9-10-18/h3-8,11H,9H2,1-2H3,(H,19,20). The molecule has 0 aliphatic carbocycles. The number of ether oxygens (including phenoxy) is 2. The topological polar surface area (TPSA) is 71.3 Å². The molecular weight excluding hydrogens is 280 g/mol. The Morgan fingerprint density at radius 2 is 1.86 bits per heavy atom. The van der Waals surface area contributed by atoms with Gasteiger partial charge in [0.1, 0.15) is 11.5 Å². The average Bonchev–Trinajstić information content (AvgIpc) is 2.56. The predicted octanol–water partition coefficient (Wildman–Crippen LogP) is 3.02. The number of methoxy groups -OCH3 is 2. The van der Waals surface area contributed by atoms with Gasteiger partial charge >= 0.3 is 0 Å². The van der Waals surface area contributed by atoms with Crippen LogP contribution < -0.4 is 14.8 Å². The van der Waals surface area contributed by atoms with E-state index in [1.54, 1.807) is 49.6 Å². The lowest BCUT2D eigenvalue weighted by Gasteiger charge is -2.11. The monoisotopic (exact) mass is 296 g/mol. The normalized spacial score (nSPS) is 9.68. The van der Waals surface area contributed by atoms with Gasteiger partial charge in [-0.15, -0.1) is 0 Å². The molecule has 0 spiro atoms. The highest BCUT2D eigenvalue weighted by Gasteiger charge is 2.10. The molecule has 112 valence electrons. The van der Waals surface area contributed by atoms with Crippen LogP contribution in [0.15, 0.2) is 42.5 Å². The molecule has 0 saturated carbocycles. The number of amides is 1. The molecule has 0 atom stereocenters. The van der Waals surface area contributed by atoms with Gasteiger partial charge in [0.05, 0.1) is 32.4 Å². The molecule has 0 radical (unpaired) electrons. The molecule has 0 unspecified atom stereocenters. The fourth-order valence-corrected chi connectivity index (χ4v) is 1.96. The molecule has 1 amide bonds. The van der Waals surface area contributed by atoms with Gasteiger partial charge in [-0.25, -0.2) is 0 Å². The lowest BCUT2D eigenvalue weighted by Crippen LogP contribution is -2.12. The second-order valence-corrected chi connectivity index (χ2v) is 4.55. The summed E-state index contributed by atoms with van der Waals surface area (Å²) in [7, 11) is 3.09. The summed E-state index contributed by atoms with van der Waals surface area (Å²) in [5.74, 6) is 0.927. The molecule has 5 nitrogen and oxygen atoms in total. The zero-order valence-electron chi connectivity index (χ0n) is 12.4. The molecule has 0 aliphatic rings. The highest BCUT2D eigenvalue weighted by molar-refractivity contribution is 6.05. The maximum atomic E-state index is 12.2. The summed E-state index contributed by atoms with van der Waals surface area (Å²) in [5, 5.41) is 11.4. The Morgan fingerprint density at radius 3 is 2.45 bits per heavy atom. The van der Waals surface area contributed by atoms with Crippen LogP contribution in [-0.4, -0.2) is 20.1 Å². The summed E-state index contributed by atoms with van der Waals surface area (Å²) in [6.45, 7) is 0. The molecule has 5 heteroatoms. The number of rotatable bonds is 5. The van der Waals surface area contributed by atoms with Crippen molar-refractivity contribution in [2.24, 2.45) is 0 Å². The van der Waals surface area contributed by atoms with Crippen LogP contribution in [-0.2, 0) is 6.42 Å². The molecule has 0 bridgehead atoms. The van der Waals surface area contributed by atoms with Crippen LogP contribution in [0.3, 0.4) is 0 Å². The number of anilines is 1. The summed E-state index contributed by atoms with van der Waals surface area (Å²) < 4.78 is 10.4. The van der Waals surface area contributed by atoms with E-state index in [1.807, 2.05) is 0 Å². The first-order valence-electron chi connectivity index (χ1n) is 6.67. The SMILES string of the molecule is COc1ccc(NC(=O)c2ccc(CC#N)cc2)c(OC)c1. The van der Waals surface area contributed by atoms with Gasteiger partial charge in [-0.1, -0.05) is 12.1 Å². The fraction of sp³-hybridized carbons (Fsp3) is 0.176. The molecule has 22 heavy (non-hydrogen) atoms. The third kappa shape index (κ3) is 3.55. The molecule has 0 aliphatic heterocycles. The van der Waals surface area contributed by atoms with Crippen molar-refractivity contribution in [3.63, 3.8) is 0 Å². The van der Waals surface area contributed by atoms with Crippen LogP contribution in [0, 0.1) is 11.3 Å². The van der Waals surface area contributed by atoms with E-state index < -0.39 is 0 Å². The number of nitrogens with one attached hydrogen (secondary N) is 1. The van der Waals surface area contributed by atoms with Crippen molar-refractivity contribution in [1.29, 1.82) is 5.26 Å². The summed E-state index contributed by atoms with van der Waals surface area (Å²) >= 11 is 0. The van der Waals surface area contributed by atoms with Gasteiger partial charge in [-0.3, -0.25) is 4.79 Å². The van der Waals surface area contributed by atoms with Crippen LogP contribution >= 0.6 is 0 Å². The Hall–Kier alpha value is -3.00. The largest absolute Gasteiger partial charge is 0.497 e. The minimum Gasteiger partial charge on any atom is -0.497 e. The number of carbonyl (C=O) groups is 1. The first-order chi connectivity index (χ1) is 10.7. The minimum absolute atomic E-state index is 0.244. The van der Waals surface area contributed by atoms with Crippen LogP contribution in [0.25, 0.3) is 0 Å². The summed E-state index contributed by atoms with van der Waals surface area (Å²) in [6.07, 6.45) is 0.328. The number of nitriles is 1. The van der Waals surface area contributed by atoms with E-state index >= 15 is 0 Å². The fourth-order valence-electron chi connectivity index (χ4n) is 1.96. The highest BCUT2D eigenvalue weighted by atomic mass is 16.5. The highest BCUT2D eigenvalue weighted by Crippen LogP contribution is 2.29. The van der Waals surface area contributed by atoms with Crippen molar-refractivity contribution >= 4 is 11.6 Å². The van der Waals surface area contributed by atoms with Gasteiger partial charge in [0, 0.05) is 11.6 Å². The Kier molecular flexibility index (Phi) is 4.99. The Labute approximate surface area is 129 Å². The van der Waals surface area contributed by atoms with E-state index in [1.165, 1.54) is 7.11 Å². The van der Waals surface area contributed by atoms with Crippen molar-refractivity contribution in [2.45, 2.75) is 6.42 Å². The van der Waals surface area contributed by atoms with Gasteiger partial charge in [-0.2, -0.15) is 5.26 Å². The van der Waals surface area contributed by atoms with Crippen molar-refractivity contribution < 1.29 is 14.3 Å². The minimum atomic E-state index is -0.244. The molecule has 1 N–H and O–H groups in total. The van der Waals surface area contributed by atoms with Gasteiger partial charge in [0.15, 0.2) is 0 Å². The molecule has 0 fully saturated rings. The first-order valence-corrected chi connectivity index (χ1v) is 6.67.